The molecule has 1 N–H and O–H groups in total. The average Bonchev–Trinajstić information content (AvgIpc) is 3.01. The number of aromatic nitrogens is 2. The molecule has 0 fully saturated rings. The molecule has 1 amide bonds. The largest absolute Gasteiger partial charge is 0.465 e. The fraction of sp³-hybridized carbons (Fsp3) is 0.440. The quantitative estimate of drug-likeness (QED) is 0.202. The van der Waals surface area contributed by atoms with Crippen molar-refractivity contribution in [2.24, 2.45) is 0 Å². The molecule has 0 saturated carbocycles. The third kappa shape index (κ3) is 5.20. The number of amides is 1. The van der Waals surface area contributed by atoms with Crippen molar-refractivity contribution in [3.63, 3.8) is 0 Å². The topological polar surface area (TPSA) is 90.3 Å². The molecule has 0 radical (unpaired) electrons. The number of methoxy groups -OCH3 is 1. The lowest BCUT2D eigenvalue weighted by Gasteiger charge is -2.13. The van der Waals surface area contributed by atoms with Crippen LogP contribution >= 0.6 is 23.1 Å². The number of benzene rings is 1. The summed E-state index contributed by atoms with van der Waals surface area (Å²) in [5.41, 5.74) is 2.04. The van der Waals surface area contributed by atoms with Gasteiger partial charge in [0.15, 0.2) is 5.16 Å². The van der Waals surface area contributed by atoms with Gasteiger partial charge in [0, 0.05) is 11.4 Å². The number of carbonyl (C=O) groups excluding carboxylic acids is 2. The molecule has 0 spiro atoms. The Bertz CT molecular complexity index is 1270. The van der Waals surface area contributed by atoms with Gasteiger partial charge in [-0.15, -0.1) is 11.3 Å². The smallest absolute Gasteiger partial charge is 0.341 e. The first-order chi connectivity index (χ1) is 16.5. The van der Waals surface area contributed by atoms with E-state index < -0.39 is 5.97 Å². The van der Waals surface area contributed by atoms with Crippen molar-refractivity contribution < 1.29 is 14.3 Å². The molecular weight excluding hydrogens is 470 g/mol. The number of hydrogen-bond donors (Lipinski definition) is 1. The van der Waals surface area contributed by atoms with Gasteiger partial charge in [-0.2, -0.15) is 0 Å². The van der Waals surface area contributed by atoms with Gasteiger partial charge in [-0.05, 0) is 49.8 Å². The first-order valence-electron chi connectivity index (χ1n) is 11.7. The van der Waals surface area contributed by atoms with Crippen LogP contribution in [0.2, 0.25) is 0 Å². The first-order valence-corrected chi connectivity index (χ1v) is 13.5. The summed E-state index contributed by atoms with van der Waals surface area (Å²) in [4.78, 5) is 44.3. The van der Waals surface area contributed by atoms with Gasteiger partial charge >= 0.3 is 5.97 Å². The maximum atomic E-state index is 13.0. The molecule has 1 aromatic carbocycles. The van der Waals surface area contributed by atoms with Crippen molar-refractivity contribution >= 4 is 50.9 Å². The van der Waals surface area contributed by atoms with E-state index in [4.69, 9.17) is 4.74 Å². The summed E-state index contributed by atoms with van der Waals surface area (Å²) in [5.74, 6) is -0.567. The molecule has 9 heteroatoms. The Labute approximate surface area is 206 Å². The highest BCUT2D eigenvalue weighted by atomic mass is 32.2. The average molecular weight is 500 g/mol. The van der Waals surface area contributed by atoms with Crippen LogP contribution in [0.3, 0.4) is 0 Å². The minimum atomic E-state index is -0.410. The van der Waals surface area contributed by atoms with Crippen LogP contribution < -0.4 is 10.9 Å². The molecule has 2 heterocycles. The maximum Gasteiger partial charge on any atom is 0.341 e. The summed E-state index contributed by atoms with van der Waals surface area (Å²) in [6.07, 6.45) is 6.79. The van der Waals surface area contributed by atoms with Gasteiger partial charge in [0.05, 0.1) is 29.3 Å². The molecule has 0 saturated heterocycles. The van der Waals surface area contributed by atoms with Gasteiger partial charge in [0.1, 0.15) is 5.00 Å². The van der Waals surface area contributed by atoms with Crippen molar-refractivity contribution in [2.75, 3.05) is 18.2 Å². The molecule has 4 rings (SSSR count). The summed E-state index contributed by atoms with van der Waals surface area (Å²) in [6, 6.07) is 7.27. The van der Waals surface area contributed by atoms with Gasteiger partial charge < -0.3 is 10.1 Å². The third-order valence-electron chi connectivity index (χ3n) is 5.96. The molecule has 34 heavy (non-hydrogen) atoms. The minimum Gasteiger partial charge on any atom is -0.465 e. The summed E-state index contributed by atoms with van der Waals surface area (Å²) in [7, 11) is 1.37. The number of hydrogen-bond acceptors (Lipinski definition) is 7. The standard InChI is InChI=1S/C25H29N3O4S2/c1-3-4-14-28-23(30)16-10-8-9-12-18(16)26-25(28)33-15-20(29)27-22-21(24(31)32-2)17-11-6-5-7-13-19(17)34-22/h8-10,12H,3-7,11,13-15H2,1-2H3,(H,27,29). The van der Waals surface area contributed by atoms with E-state index >= 15 is 0 Å². The highest BCUT2D eigenvalue weighted by molar-refractivity contribution is 7.99. The molecule has 3 aromatic rings. The number of fused-ring (bicyclic) bond motifs is 2. The molecular formula is C25H29N3O4S2. The highest BCUT2D eigenvalue weighted by Gasteiger charge is 2.26. The van der Waals surface area contributed by atoms with E-state index in [0.717, 1.165) is 55.4 Å². The second-order valence-corrected chi connectivity index (χ2v) is 10.4. The predicted molar refractivity (Wildman–Crippen MR) is 137 cm³/mol. The molecule has 0 bridgehead atoms. The summed E-state index contributed by atoms with van der Waals surface area (Å²) >= 11 is 2.71. The third-order valence-corrected chi connectivity index (χ3v) is 8.14. The number of thioether (sulfide) groups is 1. The summed E-state index contributed by atoms with van der Waals surface area (Å²) < 4.78 is 6.69. The molecule has 0 unspecified atom stereocenters. The van der Waals surface area contributed by atoms with Crippen LogP contribution in [0.4, 0.5) is 5.00 Å². The van der Waals surface area contributed by atoms with E-state index in [2.05, 4.69) is 17.2 Å². The molecule has 7 nitrogen and oxygen atoms in total. The highest BCUT2D eigenvalue weighted by Crippen LogP contribution is 2.38. The first kappa shape index (κ1) is 24.5. The minimum absolute atomic E-state index is 0.0834. The molecule has 1 aliphatic rings. The molecule has 0 atom stereocenters. The number of aryl methyl sites for hydroxylation is 1. The van der Waals surface area contributed by atoms with Gasteiger partial charge in [0.2, 0.25) is 5.91 Å². The van der Waals surface area contributed by atoms with Crippen LogP contribution in [-0.4, -0.2) is 34.3 Å². The molecule has 0 aliphatic heterocycles. The summed E-state index contributed by atoms with van der Waals surface area (Å²) in [5, 5.41) is 4.59. The molecule has 2 aromatic heterocycles. The lowest BCUT2D eigenvalue weighted by Crippen LogP contribution is -2.24. The Balaban J connectivity index is 1.56. The van der Waals surface area contributed by atoms with Crippen molar-refractivity contribution in [1.82, 2.24) is 9.55 Å². The Hall–Kier alpha value is -2.65. The zero-order valence-electron chi connectivity index (χ0n) is 19.5. The van der Waals surface area contributed by atoms with Crippen molar-refractivity contribution in [2.45, 2.75) is 63.6 Å². The monoisotopic (exact) mass is 499 g/mol. The Morgan fingerprint density at radius 1 is 1.21 bits per heavy atom. The van der Waals surface area contributed by atoms with Crippen molar-refractivity contribution in [1.29, 1.82) is 0 Å². The SMILES string of the molecule is CCCCn1c(SCC(=O)Nc2sc3c(c2C(=O)OC)CCCCC3)nc2ccccc2c1=O. The van der Waals surface area contributed by atoms with E-state index in [9.17, 15) is 14.4 Å². The number of rotatable bonds is 8. The second kappa shape index (κ2) is 11.2. The number of anilines is 1. The number of thiophene rings is 1. The Morgan fingerprint density at radius 2 is 2.00 bits per heavy atom. The lowest BCUT2D eigenvalue weighted by atomic mass is 10.1. The molecule has 1 aliphatic carbocycles. The summed E-state index contributed by atoms with van der Waals surface area (Å²) in [6.45, 7) is 2.63. The number of para-hydroxylation sites is 1. The van der Waals surface area contributed by atoms with Crippen LogP contribution in [-0.2, 0) is 28.9 Å². The fourth-order valence-corrected chi connectivity index (χ4v) is 6.33. The van der Waals surface area contributed by atoms with Crippen LogP contribution in [0.25, 0.3) is 10.9 Å². The number of ether oxygens (including phenoxy) is 1. The van der Waals surface area contributed by atoms with E-state index in [1.54, 1.807) is 10.6 Å². The van der Waals surface area contributed by atoms with Crippen molar-refractivity contribution in [3.8, 4) is 0 Å². The van der Waals surface area contributed by atoms with Gasteiger partial charge in [-0.1, -0.05) is 43.7 Å². The van der Waals surface area contributed by atoms with E-state index in [0.29, 0.717) is 33.2 Å². The zero-order valence-corrected chi connectivity index (χ0v) is 21.2. The Kier molecular flexibility index (Phi) is 8.05. The van der Waals surface area contributed by atoms with Crippen LogP contribution in [0.5, 0.6) is 0 Å². The fourth-order valence-electron chi connectivity index (χ4n) is 4.21. The normalized spacial score (nSPS) is 13.4. The van der Waals surface area contributed by atoms with E-state index in [1.807, 2.05) is 18.2 Å². The number of nitrogens with zero attached hydrogens (tertiary/aromatic N) is 2. The van der Waals surface area contributed by atoms with Crippen LogP contribution in [0.15, 0.2) is 34.2 Å². The number of unbranched alkanes of at least 4 members (excludes halogenated alkanes) is 1. The van der Waals surface area contributed by atoms with Crippen LogP contribution in [0.1, 0.15) is 59.8 Å². The predicted octanol–water partition coefficient (Wildman–Crippen LogP) is 5.04. The van der Waals surface area contributed by atoms with Gasteiger partial charge in [-0.25, -0.2) is 9.78 Å². The lowest BCUT2D eigenvalue weighted by molar-refractivity contribution is -0.113. The Morgan fingerprint density at radius 3 is 2.79 bits per heavy atom. The van der Waals surface area contributed by atoms with E-state index in [-0.39, 0.29) is 17.2 Å². The van der Waals surface area contributed by atoms with E-state index in [1.165, 1.54) is 30.2 Å². The zero-order chi connectivity index (χ0) is 24.1. The van der Waals surface area contributed by atoms with Gasteiger partial charge in [-0.3, -0.25) is 14.2 Å². The molecule has 180 valence electrons. The number of carbonyl (C=O) groups is 2. The van der Waals surface area contributed by atoms with Crippen LogP contribution in [0, 0.1) is 0 Å². The van der Waals surface area contributed by atoms with Gasteiger partial charge in [0.25, 0.3) is 5.56 Å². The number of esters is 1. The van der Waals surface area contributed by atoms with Crippen molar-refractivity contribution in [3.05, 3.63) is 50.6 Å². The number of nitrogens with one attached hydrogen (secondary N) is 1. The maximum absolute atomic E-state index is 13.0. The second-order valence-electron chi connectivity index (χ2n) is 8.32.